The van der Waals surface area contributed by atoms with Crippen LogP contribution in [0, 0.1) is 12.8 Å². The highest BCUT2D eigenvalue weighted by atomic mass is 16.2. The van der Waals surface area contributed by atoms with Gasteiger partial charge in [-0.25, -0.2) is 9.97 Å². The summed E-state index contributed by atoms with van der Waals surface area (Å²) in [6, 6.07) is 7.28. The molecule has 2 N–H and O–H groups in total. The number of carbonyl (C=O) groups excluding carboxylic acids is 1. The van der Waals surface area contributed by atoms with Crippen molar-refractivity contribution in [3.8, 4) is 11.4 Å². The van der Waals surface area contributed by atoms with Crippen LogP contribution in [-0.4, -0.2) is 30.6 Å². The Morgan fingerprint density at radius 2 is 1.93 bits per heavy atom. The van der Waals surface area contributed by atoms with Gasteiger partial charge in [-0.2, -0.15) is 5.10 Å². The van der Waals surface area contributed by atoms with E-state index in [1.165, 1.54) is 12.5 Å². The zero-order chi connectivity index (χ0) is 20.3. The van der Waals surface area contributed by atoms with Gasteiger partial charge in [0.2, 0.25) is 0 Å². The molecule has 0 saturated carbocycles. The van der Waals surface area contributed by atoms with Crippen molar-refractivity contribution >= 4 is 5.91 Å². The summed E-state index contributed by atoms with van der Waals surface area (Å²) < 4.78 is 1.62. The van der Waals surface area contributed by atoms with E-state index in [2.05, 4.69) is 39.2 Å². The summed E-state index contributed by atoms with van der Waals surface area (Å²) in [5.74, 6) is 0.900. The Morgan fingerprint density at radius 1 is 1.21 bits per heavy atom. The summed E-state index contributed by atoms with van der Waals surface area (Å²) in [5.41, 5.74) is 1.38. The summed E-state index contributed by atoms with van der Waals surface area (Å²) in [5, 5.41) is 6.96. The molecule has 3 rings (SSSR count). The topological polar surface area (TPSA) is 106 Å². The van der Waals surface area contributed by atoms with Crippen molar-refractivity contribution in [2.24, 2.45) is 13.0 Å². The number of aromatic nitrogens is 5. The van der Waals surface area contributed by atoms with Crippen LogP contribution in [0.1, 0.15) is 48.1 Å². The Bertz CT molecular complexity index is 1020. The minimum Gasteiger partial charge on any atom is -0.342 e. The Balaban J connectivity index is 1.84. The molecule has 0 fully saturated rings. The molecule has 1 atom stereocenters. The number of nitrogens with zero attached hydrogens (tertiary/aromatic N) is 4. The molecule has 1 amide bonds. The molecule has 8 nitrogen and oxygen atoms in total. The predicted octanol–water partition coefficient (Wildman–Crippen LogP) is 2.39. The first kappa shape index (κ1) is 19.5. The zero-order valence-corrected chi connectivity index (χ0v) is 16.4. The van der Waals surface area contributed by atoms with Crippen molar-refractivity contribution in [1.82, 2.24) is 30.0 Å². The van der Waals surface area contributed by atoms with Crippen molar-refractivity contribution in [3.63, 3.8) is 0 Å². The van der Waals surface area contributed by atoms with Gasteiger partial charge in [-0.3, -0.25) is 14.3 Å². The van der Waals surface area contributed by atoms with E-state index in [0.29, 0.717) is 24.0 Å². The van der Waals surface area contributed by atoms with Crippen LogP contribution in [0.3, 0.4) is 0 Å². The van der Waals surface area contributed by atoms with Crippen LogP contribution >= 0.6 is 0 Å². The van der Waals surface area contributed by atoms with Crippen LogP contribution in [0.25, 0.3) is 11.4 Å². The molecule has 0 aliphatic rings. The molecule has 0 aliphatic carbocycles. The molecule has 1 aromatic carbocycles. The monoisotopic (exact) mass is 380 g/mol. The van der Waals surface area contributed by atoms with Gasteiger partial charge in [0.25, 0.3) is 11.5 Å². The van der Waals surface area contributed by atoms with Gasteiger partial charge in [-0.15, -0.1) is 0 Å². The number of hydrogen-bond acceptors (Lipinski definition) is 5. The van der Waals surface area contributed by atoms with Crippen LogP contribution in [0.5, 0.6) is 0 Å². The number of aryl methyl sites for hydroxylation is 2. The van der Waals surface area contributed by atoms with Crippen LogP contribution in [-0.2, 0) is 7.05 Å². The van der Waals surface area contributed by atoms with Crippen molar-refractivity contribution in [2.75, 3.05) is 0 Å². The normalized spacial score (nSPS) is 12.2. The Kier molecular flexibility index (Phi) is 5.67. The molecular weight excluding hydrogens is 356 g/mol. The van der Waals surface area contributed by atoms with E-state index in [1.54, 1.807) is 11.7 Å². The fourth-order valence-corrected chi connectivity index (χ4v) is 2.97. The van der Waals surface area contributed by atoms with Gasteiger partial charge in [0.05, 0.1) is 6.04 Å². The van der Waals surface area contributed by atoms with Gasteiger partial charge in [0.15, 0.2) is 0 Å². The third-order valence-corrected chi connectivity index (χ3v) is 4.44. The number of nitrogens with one attached hydrogen (secondary N) is 2. The van der Waals surface area contributed by atoms with E-state index in [0.717, 1.165) is 11.1 Å². The number of aromatic amines is 1. The lowest BCUT2D eigenvalue weighted by molar-refractivity contribution is 0.0927. The maximum Gasteiger partial charge on any atom is 0.264 e. The first-order chi connectivity index (χ1) is 13.3. The minimum atomic E-state index is -0.488. The quantitative estimate of drug-likeness (QED) is 0.683. The van der Waals surface area contributed by atoms with E-state index in [1.807, 2.05) is 31.2 Å². The molecule has 2 aromatic heterocycles. The van der Waals surface area contributed by atoms with Crippen molar-refractivity contribution < 1.29 is 4.79 Å². The highest BCUT2D eigenvalue weighted by Gasteiger charge is 2.23. The molecule has 0 saturated heterocycles. The second-order valence-corrected chi connectivity index (χ2v) is 7.24. The number of carbonyl (C=O) groups is 1. The molecule has 146 valence electrons. The van der Waals surface area contributed by atoms with Crippen LogP contribution < -0.4 is 10.9 Å². The minimum absolute atomic E-state index is 0.0354. The molecule has 0 spiro atoms. The second kappa shape index (κ2) is 8.16. The highest BCUT2D eigenvalue weighted by molar-refractivity contribution is 5.93. The summed E-state index contributed by atoms with van der Waals surface area (Å²) in [6.07, 6.45) is 3.43. The molecule has 8 heteroatoms. The van der Waals surface area contributed by atoms with E-state index >= 15 is 0 Å². The first-order valence-corrected chi connectivity index (χ1v) is 9.16. The number of rotatable bonds is 6. The van der Waals surface area contributed by atoms with Gasteiger partial charge in [0, 0.05) is 18.8 Å². The summed E-state index contributed by atoms with van der Waals surface area (Å²) in [4.78, 5) is 36.4. The van der Waals surface area contributed by atoms with E-state index in [-0.39, 0.29) is 11.6 Å². The molecule has 0 bridgehead atoms. The molecule has 0 unspecified atom stereocenters. The van der Waals surface area contributed by atoms with E-state index in [9.17, 15) is 9.59 Å². The van der Waals surface area contributed by atoms with Crippen molar-refractivity contribution in [3.05, 3.63) is 64.1 Å². The van der Waals surface area contributed by atoms with Crippen LogP contribution in [0.2, 0.25) is 0 Å². The standard InChI is InChI=1S/C20H24N6O2/c1-12(2)9-16(18-22-11-23-26(18)4)24-19(27)15-10-21-17(25-20(15)28)14-7-5-13(3)6-8-14/h5-8,10-12,16H,9H2,1-4H3,(H,24,27)(H,21,25,28)/t16-/m0/s1. The lowest BCUT2D eigenvalue weighted by atomic mass is 10.0. The molecule has 2 heterocycles. The van der Waals surface area contributed by atoms with Gasteiger partial charge >= 0.3 is 0 Å². The number of benzene rings is 1. The third kappa shape index (κ3) is 4.33. The van der Waals surface area contributed by atoms with Gasteiger partial charge in [-0.1, -0.05) is 43.7 Å². The van der Waals surface area contributed by atoms with Crippen LogP contribution in [0.15, 0.2) is 41.6 Å². The maximum absolute atomic E-state index is 12.7. The number of H-pyrrole nitrogens is 1. The molecule has 28 heavy (non-hydrogen) atoms. The maximum atomic E-state index is 12.7. The summed E-state index contributed by atoms with van der Waals surface area (Å²) in [7, 11) is 1.77. The van der Waals surface area contributed by atoms with E-state index in [4.69, 9.17) is 0 Å². The Morgan fingerprint density at radius 3 is 2.50 bits per heavy atom. The fraction of sp³-hybridized carbons (Fsp3) is 0.350. The molecular formula is C20H24N6O2. The lowest BCUT2D eigenvalue weighted by Crippen LogP contribution is -2.35. The third-order valence-electron chi connectivity index (χ3n) is 4.44. The average Bonchev–Trinajstić information content (AvgIpc) is 3.07. The first-order valence-electron chi connectivity index (χ1n) is 9.16. The Labute approximate surface area is 163 Å². The predicted molar refractivity (Wildman–Crippen MR) is 106 cm³/mol. The Hall–Kier alpha value is -3.29. The molecule has 3 aromatic rings. The highest BCUT2D eigenvalue weighted by Crippen LogP contribution is 2.19. The van der Waals surface area contributed by atoms with Gasteiger partial charge in [0.1, 0.15) is 23.5 Å². The largest absolute Gasteiger partial charge is 0.342 e. The van der Waals surface area contributed by atoms with Crippen LogP contribution in [0.4, 0.5) is 0 Å². The lowest BCUT2D eigenvalue weighted by Gasteiger charge is -2.19. The van der Waals surface area contributed by atoms with Crippen molar-refractivity contribution in [2.45, 2.75) is 33.2 Å². The SMILES string of the molecule is Cc1ccc(-c2ncc(C(=O)N[C@@H](CC(C)C)c3ncnn3C)c(=O)[nH]2)cc1. The number of hydrogen-bond donors (Lipinski definition) is 2. The second-order valence-electron chi connectivity index (χ2n) is 7.24. The molecule has 0 radical (unpaired) electrons. The van der Waals surface area contributed by atoms with Gasteiger partial charge in [-0.05, 0) is 19.3 Å². The van der Waals surface area contributed by atoms with Crippen molar-refractivity contribution in [1.29, 1.82) is 0 Å². The smallest absolute Gasteiger partial charge is 0.264 e. The average molecular weight is 380 g/mol. The fourth-order valence-electron chi connectivity index (χ4n) is 2.97. The molecule has 0 aliphatic heterocycles. The van der Waals surface area contributed by atoms with E-state index < -0.39 is 11.5 Å². The van der Waals surface area contributed by atoms with Gasteiger partial charge < -0.3 is 10.3 Å². The number of amides is 1. The summed E-state index contributed by atoms with van der Waals surface area (Å²) >= 11 is 0. The summed E-state index contributed by atoms with van der Waals surface area (Å²) in [6.45, 7) is 6.10. The zero-order valence-electron chi connectivity index (χ0n) is 16.4.